The summed E-state index contributed by atoms with van der Waals surface area (Å²) in [4.78, 5) is 18.4. The van der Waals surface area contributed by atoms with Crippen LogP contribution in [0.1, 0.15) is 53.0 Å². The first kappa shape index (κ1) is 17.5. The number of hydrogen-bond acceptors (Lipinski definition) is 5. The fourth-order valence-electron chi connectivity index (χ4n) is 3.42. The highest BCUT2D eigenvalue weighted by Crippen LogP contribution is 2.29. The quantitative estimate of drug-likeness (QED) is 0.798. The number of nitrogens with one attached hydrogen (secondary N) is 1. The minimum absolute atomic E-state index is 0.125. The van der Waals surface area contributed by atoms with Gasteiger partial charge in [0.2, 0.25) is 0 Å². The number of nitrogens with zero attached hydrogens (tertiary/aromatic N) is 1. The van der Waals surface area contributed by atoms with Crippen LogP contribution >= 0.6 is 11.3 Å². The van der Waals surface area contributed by atoms with Crippen LogP contribution in [0.2, 0.25) is 0 Å². The first-order chi connectivity index (χ1) is 12.8. The van der Waals surface area contributed by atoms with Gasteiger partial charge >= 0.3 is 0 Å². The number of anilines is 1. The second-order valence-electron chi connectivity index (χ2n) is 6.87. The molecule has 2 aromatic rings. The Morgan fingerprint density at radius 3 is 2.85 bits per heavy atom. The number of thiazole rings is 1. The molecule has 4 rings (SSSR count). The summed E-state index contributed by atoms with van der Waals surface area (Å²) in [6.07, 6.45) is 8.14. The van der Waals surface area contributed by atoms with Gasteiger partial charge in [-0.05, 0) is 62.8 Å². The van der Waals surface area contributed by atoms with Crippen molar-refractivity contribution < 1.29 is 14.3 Å². The van der Waals surface area contributed by atoms with Gasteiger partial charge in [-0.1, -0.05) is 6.42 Å². The molecule has 138 valence electrons. The molecule has 1 fully saturated rings. The lowest BCUT2D eigenvalue weighted by molar-refractivity contribution is 0.0679. The summed E-state index contributed by atoms with van der Waals surface area (Å²) in [5.74, 6) is 0.637. The summed E-state index contributed by atoms with van der Waals surface area (Å²) in [6.45, 7) is 1.39. The molecule has 1 N–H and O–H groups in total. The summed E-state index contributed by atoms with van der Waals surface area (Å²) in [6, 6.07) is 7.25. The maximum Gasteiger partial charge on any atom is 0.257 e. The van der Waals surface area contributed by atoms with E-state index in [0.29, 0.717) is 17.3 Å². The molecule has 0 unspecified atom stereocenters. The van der Waals surface area contributed by atoms with Gasteiger partial charge in [0, 0.05) is 17.0 Å². The van der Waals surface area contributed by atoms with Crippen molar-refractivity contribution in [2.75, 3.05) is 18.5 Å². The summed E-state index contributed by atoms with van der Waals surface area (Å²) in [7, 11) is 0. The molecule has 1 amide bonds. The molecule has 0 saturated carbocycles. The van der Waals surface area contributed by atoms with E-state index in [9.17, 15) is 4.79 Å². The molecule has 2 aliphatic rings. The number of carbonyl (C=O) groups is 1. The summed E-state index contributed by atoms with van der Waals surface area (Å²) in [5.41, 5.74) is 1.78. The van der Waals surface area contributed by atoms with Crippen LogP contribution in [0.25, 0.3) is 0 Å². The third kappa shape index (κ3) is 4.24. The zero-order valence-corrected chi connectivity index (χ0v) is 15.6. The van der Waals surface area contributed by atoms with E-state index in [1.54, 1.807) is 23.5 Å². The summed E-state index contributed by atoms with van der Waals surface area (Å²) >= 11 is 1.62. The Kier molecular flexibility index (Phi) is 5.51. The van der Waals surface area contributed by atoms with Gasteiger partial charge in [0.25, 0.3) is 5.91 Å². The number of aryl methyl sites for hydroxylation is 2. The number of aromatic nitrogens is 1. The molecule has 1 aliphatic heterocycles. The van der Waals surface area contributed by atoms with Crippen molar-refractivity contribution in [3.63, 3.8) is 0 Å². The predicted molar refractivity (Wildman–Crippen MR) is 102 cm³/mol. The topological polar surface area (TPSA) is 60.5 Å². The van der Waals surface area contributed by atoms with E-state index < -0.39 is 0 Å². The van der Waals surface area contributed by atoms with Gasteiger partial charge in [-0.25, -0.2) is 4.98 Å². The number of ether oxygens (including phenoxy) is 2. The number of carbonyl (C=O) groups excluding carboxylic acids is 1. The summed E-state index contributed by atoms with van der Waals surface area (Å²) in [5, 5.41) is 3.65. The Morgan fingerprint density at radius 1 is 1.19 bits per heavy atom. The van der Waals surface area contributed by atoms with Gasteiger partial charge in [-0.2, -0.15) is 0 Å². The zero-order valence-electron chi connectivity index (χ0n) is 14.8. The molecule has 0 spiro atoms. The van der Waals surface area contributed by atoms with E-state index in [1.165, 1.54) is 29.8 Å². The standard InChI is InChI=1S/C20H24N2O3S/c23-19(22-20-21-17-6-2-1-3-7-18(17)26-20)14-8-10-15(11-9-14)25-13-16-5-4-12-24-16/h8-11,16H,1-7,12-13H2,(H,21,22,23)/t16-/m1/s1. The number of amides is 1. The van der Waals surface area contributed by atoms with Crippen LogP contribution in [-0.4, -0.2) is 30.2 Å². The Hall–Kier alpha value is -1.92. The Bertz CT molecular complexity index is 727. The number of fused-ring (bicyclic) bond motifs is 1. The van der Waals surface area contributed by atoms with Crippen LogP contribution in [0.3, 0.4) is 0 Å². The highest BCUT2D eigenvalue weighted by Gasteiger charge is 2.17. The van der Waals surface area contributed by atoms with Crippen molar-refractivity contribution in [2.45, 2.75) is 51.0 Å². The molecular formula is C20H24N2O3S. The molecule has 1 saturated heterocycles. The maximum absolute atomic E-state index is 12.5. The molecule has 6 heteroatoms. The Balaban J connectivity index is 1.34. The van der Waals surface area contributed by atoms with Gasteiger partial charge in [-0.15, -0.1) is 11.3 Å². The van der Waals surface area contributed by atoms with Gasteiger partial charge in [0.05, 0.1) is 11.8 Å². The SMILES string of the molecule is O=C(Nc1nc2c(s1)CCCCC2)c1ccc(OC[C@H]2CCCO2)cc1. The summed E-state index contributed by atoms with van der Waals surface area (Å²) < 4.78 is 11.3. The van der Waals surface area contributed by atoms with Crippen molar-refractivity contribution in [1.82, 2.24) is 4.98 Å². The van der Waals surface area contributed by atoms with Gasteiger partial charge in [0.1, 0.15) is 12.4 Å². The normalized spacial score (nSPS) is 19.6. The highest BCUT2D eigenvalue weighted by molar-refractivity contribution is 7.15. The molecule has 0 bridgehead atoms. The number of rotatable bonds is 5. The minimum atomic E-state index is -0.125. The van der Waals surface area contributed by atoms with Crippen molar-refractivity contribution in [1.29, 1.82) is 0 Å². The molecule has 5 nitrogen and oxygen atoms in total. The van der Waals surface area contributed by atoms with E-state index in [1.807, 2.05) is 12.1 Å². The fourth-order valence-corrected chi connectivity index (χ4v) is 4.46. The van der Waals surface area contributed by atoms with Crippen LogP contribution in [0.4, 0.5) is 5.13 Å². The van der Waals surface area contributed by atoms with Gasteiger partial charge in [-0.3, -0.25) is 10.1 Å². The molecule has 1 aliphatic carbocycles. The Morgan fingerprint density at radius 2 is 2.04 bits per heavy atom. The predicted octanol–water partition coefficient (Wildman–Crippen LogP) is 4.22. The monoisotopic (exact) mass is 372 g/mol. The average molecular weight is 372 g/mol. The molecule has 1 atom stereocenters. The molecule has 1 aromatic carbocycles. The maximum atomic E-state index is 12.5. The average Bonchev–Trinajstić information content (AvgIpc) is 3.26. The smallest absolute Gasteiger partial charge is 0.257 e. The molecule has 0 radical (unpaired) electrons. The van der Waals surface area contributed by atoms with E-state index >= 15 is 0 Å². The second kappa shape index (κ2) is 8.18. The van der Waals surface area contributed by atoms with Crippen LogP contribution in [-0.2, 0) is 17.6 Å². The third-order valence-electron chi connectivity index (χ3n) is 4.89. The lowest BCUT2D eigenvalue weighted by atomic mass is 10.2. The van der Waals surface area contributed by atoms with E-state index in [2.05, 4.69) is 10.3 Å². The number of benzene rings is 1. The molecule has 2 heterocycles. The van der Waals surface area contributed by atoms with Gasteiger partial charge < -0.3 is 9.47 Å². The van der Waals surface area contributed by atoms with Crippen LogP contribution in [0.15, 0.2) is 24.3 Å². The number of hydrogen-bond donors (Lipinski definition) is 1. The molecule has 1 aromatic heterocycles. The van der Waals surface area contributed by atoms with Crippen LogP contribution in [0.5, 0.6) is 5.75 Å². The lowest BCUT2D eigenvalue weighted by Crippen LogP contribution is -2.16. The van der Waals surface area contributed by atoms with Crippen molar-refractivity contribution in [2.24, 2.45) is 0 Å². The molecular weight excluding hydrogens is 348 g/mol. The van der Waals surface area contributed by atoms with Gasteiger partial charge in [0.15, 0.2) is 5.13 Å². The van der Waals surface area contributed by atoms with Crippen LogP contribution in [0, 0.1) is 0 Å². The molecule has 26 heavy (non-hydrogen) atoms. The van der Waals surface area contributed by atoms with Crippen molar-refractivity contribution in [3.8, 4) is 5.75 Å². The second-order valence-corrected chi connectivity index (χ2v) is 7.96. The van der Waals surface area contributed by atoms with E-state index in [-0.39, 0.29) is 12.0 Å². The Labute approximate surface area is 157 Å². The largest absolute Gasteiger partial charge is 0.491 e. The first-order valence-corrected chi connectivity index (χ1v) is 10.2. The highest BCUT2D eigenvalue weighted by atomic mass is 32.1. The minimum Gasteiger partial charge on any atom is -0.491 e. The van der Waals surface area contributed by atoms with Crippen LogP contribution < -0.4 is 10.1 Å². The van der Waals surface area contributed by atoms with Crippen molar-refractivity contribution in [3.05, 3.63) is 40.4 Å². The van der Waals surface area contributed by atoms with E-state index in [0.717, 1.165) is 38.0 Å². The lowest BCUT2D eigenvalue weighted by Gasteiger charge is -2.11. The van der Waals surface area contributed by atoms with E-state index in [4.69, 9.17) is 9.47 Å². The third-order valence-corrected chi connectivity index (χ3v) is 5.97. The zero-order chi connectivity index (χ0) is 17.8. The fraction of sp³-hybridized carbons (Fsp3) is 0.500. The van der Waals surface area contributed by atoms with Crippen molar-refractivity contribution >= 4 is 22.4 Å². The first-order valence-electron chi connectivity index (χ1n) is 9.42.